The van der Waals surface area contributed by atoms with Crippen LogP contribution in [0.25, 0.3) is 0 Å². The Hall–Kier alpha value is -2.41. The Kier molecular flexibility index (Phi) is 6.00. The standard InChI is InChI=1S/C18H27N7/c1-19-18(21-12-17-22-14-23-24(17)2)20-11-16-9-6-10-25(16)13-15-7-4-3-5-8-15/h3-5,7-8,14,16H,6,9-13H2,1-2H3,(H2,19,20,21). The summed E-state index contributed by atoms with van der Waals surface area (Å²) < 4.78 is 1.76. The lowest BCUT2D eigenvalue weighted by Gasteiger charge is -2.25. The van der Waals surface area contributed by atoms with Gasteiger partial charge in [-0.2, -0.15) is 5.10 Å². The Morgan fingerprint density at radius 1 is 1.28 bits per heavy atom. The van der Waals surface area contributed by atoms with Gasteiger partial charge >= 0.3 is 0 Å². The lowest BCUT2D eigenvalue weighted by atomic mass is 10.2. The van der Waals surface area contributed by atoms with E-state index in [9.17, 15) is 0 Å². The SMILES string of the molecule is CN=C(NCc1ncnn1C)NCC1CCCN1Cc1ccccc1. The van der Waals surface area contributed by atoms with Gasteiger partial charge in [0.05, 0.1) is 6.54 Å². The molecule has 0 saturated carbocycles. The summed E-state index contributed by atoms with van der Waals surface area (Å²) in [5.41, 5.74) is 1.37. The predicted octanol–water partition coefficient (Wildman–Crippen LogP) is 1.14. The van der Waals surface area contributed by atoms with Crippen molar-refractivity contribution in [1.82, 2.24) is 30.3 Å². The van der Waals surface area contributed by atoms with Crippen molar-refractivity contribution in [2.75, 3.05) is 20.1 Å². The quantitative estimate of drug-likeness (QED) is 0.609. The van der Waals surface area contributed by atoms with Crippen LogP contribution in [0.2, 0.25) is 0 Å². The molecule has 0 radical (unpaired) electrons. The highest BCUT2D eigenvalue weighted by Gasteiger charge is 2.24. The topological polar surface area (TPSA) is 70.4 Å². The van der Waals surface area contributed by atoms with Crippen molar-refractivity contribution in [2.45, 2.75) is 32.0 Å². The van der Waals surface area contributed by atoms with E-state index in [1.807, 2.05) is 7.05 Å². The Morgan fingerprint density at radius 2 is 2.12 bits per heavy atom. The minimum absolute atomic E-state index is 0.536. The molecule has 7 heteroatoms. The van der Waals surface area contributed by atoms with E-state index in [4.69, 9.17) is 0 Å². The molecule has 0 amide bonds. The molecule has 2 aromatic rings. The van der Waals surface area contributed by atoms with Crippen LogP contribution < -0.4 is 10.6 Å². The molecule has 1 fully saturated rings. The van der Waals surface area contributed by atoms with Crippen molar-refractivity contribution in [3.05, 3.63) is 48.0 Å². The van der Waals surface area contributed by atoms with Crippen LogP contribution >= 0.6 is 0 Å². The number of nitrogens with zero attached hydrogens (tertiary/aromatic N) is 5. The molecule has 7 nitrogen and oxygen atoms in total. The number of nitrogens with one attached hydrogen (secondary N) is 2. The van der Waals surface area contributed by atoms with Crippen molar-refractivity contribution in [2.24, 2.45) is 12.0 Å². The average Bonchev–Trinajstić information content (AvgIpc) is 3.25. The zero-order chi connectivity index (χ0) is 17.5. The van der Waals surface area contributed by atoms with Gasteiger partial charge in [-0.15, -0.1) is 0 Å². The van der Waals surface area contributed by atoms with E-state index in [1.165, 1.54) is 18.4 Å². The molecule has 1 aliphatic rings. The van der Waals surface area contributed by atoms with E-state index >= 15 is 0 Å². The summed E-state index contributed by atoms with van der Waals surface area (Å²) in [7, 11) is 3.68. The number of hydrogen-bond acceptors (Lipinski definition) is 4. The van der Waals surface area contributed by atoms with Crippen molar-refractivity contribution < 1.29 is 0 Å². The van der Waals surface area contributed by atoms with Gasteiger partial charge in [0.25, 0.3) is 0 Å². The molecule has 3 rings (SSSR count). The van der Waals surface area contributed by atoms with Crippen LogP contribution in [0, 0.1) is 0 Å². The number of rotatable bonds is 6. The molecule has 1 saturated heterocycles. The van der Waals surface area contributed by atoms with E-state index in [0.717, 1.165) is 31.4 Å². The van der Waals surface area contributed by atoms with Crippen molar-refractivity contribution >= 4 is 5.96 Å². The first-order chi connectivity index (χ1) is 12.3. The maximum atomic E-state index is 4.31. The summed E-state index contributed by atoms with van der Waals surface area (Å²) in [6, 6.07) is 11.2. The van der Waals surface area contributed by atoms with E-state index in [-0.39, 0.29) is 0 Å². The first-order valence-corrected chi connectivity index (χ1v) is 8.81. The van der Waals surface area contributed by atoms with Gasteiger partial charge in [0.15, 0.2) is 5.96 Å². The molecule has 0 bridgehead atoms. The molecule has 2 heterocycles. The van der Waals surface area contributed by atoms with Gasteiger partial charge in [0.1, 0.15) is 12.2 Å². The van der Waals surface area contributed by atoms with Crippen LogP contribution in [0.5, 0.6) is 0 Å². The van der Waals surface area contributed by atoms with Gasteiger partial charge in [-0.25, -0.2) is 4.98 Å². The molecule has 1 aliphatic heterocycles. The molecular formula is C18H27N7. The predicted molar refractivity (Wildman–Crippen MR) is 99.1 cm³/mol. The van der Waals surface area contributed by atoms with E-state index in [0.29, 0.717) is 12.6 Å². The minimum atomic E-state index is 0.536. The van der Waals surface area contributed by atoms with Crippen LogP contribution in [0.1, 0.15) is 24.2 Å². The Bertz CT molecular complexity index is 680. The highest BCUT2D eigenvalue weighted by atomic mass is 15.3. The Labute approximate surface area is 149 Å². The third-order valence-corrected chi connectivity index (χ3v) is 4.68. The number of likely N-dealkylation sites (tertiary alicyclic amines) is 1. The largest absolute Gasteiger partial charge is 0.355 e. The smallest absolute Gasteiger partial charge is 0.191 e. The molecule has 1 atom stereocenters. The lowest BCUT2D eigenvalue weighted by Crippen LogP contribution is -2.44. The second-order valence-electron chi connectivity index (χ2n) is 6.36. The van der Waals surface area contributed by atoms with E-state index < -0.39 is 0 Å². The van der Waals surface area contributed by atoms with Crippen molar-refractivity contribution in [3.8, 4) is 0 Å². The third-order valence-electron chi connectivity index (χ3n) is 4.68. The number of aliphatic imine (C=N–C) groups is 1. The van der Waals surface area contributed by atoms with Crippen LogP contribution in [0.3, 0.4) is 0 Å². The summed E-state index contributed by atoms with van der Waals surface area (Å²) in [5.74, 6) is 1.68. The summed E-state index contributed by atoms with van der Waals surface area (Å²) in [4.78, 5) is 11.1. The van der Waals surface area contributed by atoms with Crippen LogP contribution in [0.4, 0.5) is 0 Å². The maximum Gasteiger partial charge on any atom is 0.191 e. The summed E-state index contributed by atoms with van der Waals surface area (Å²) >= 11 is 0. The van der Waals surface area contributed by atoms with Crippen LogP contribution in [-0.4, -0.2) is 51.8 Å². The van der Waals surface area contributed by atoms with E-state index in [2.05, 4.69) is 60.9 Å². The second kappa shape index (κ2) is 8.62. The zero-order valence-corrected chi connectivity index (χ0v) is 15.0. The van der Waals surface area contributed by atoms with Crippen molar-refractivity contribution in [3.63, 3.8) is 0 Å². The highest BCUT2D eigenvalue weighted by molar-refractivity contribution is 5.79. The van der Waals surface area contributed by atoms with Crippen LogP contribution in [-0.2, 0) is 20.1 Å². The van der Waals surface area contributed by atoms with Gasteiger partial charge in [-0.05, 0) is 24.9 Å². The molecule has 0 spiro atoms. The third kappa shape index (κ3) is 4.79. The minimum Gasteiger partial charge on any atom is -0.355 e. The van der Waals surface area contributed by atoms with Gasteiger partial charge in [-0.1, -0.05) is 30.3 Å². The normalized spacial score (nSPS) is 18.5. The Balaban J connectivity index is 1.48. The molecule has 1 aromatic heterocycles. The molecule has 1 aromatic carbocycles. The fourth-order valence-corrected chi connectivity index (χ4v) is 3.23. The molecule has 134 valence electrons. The fraction of sp³-hybridized carbons (Fsp3) is 0.500. The lowest BCUT2D eigenvalue weighted by molar-refractivity contribution is 0.245. The zero-order valence-electron chi connectivity index (χ0n) is 15.0. The number of aromatic nitrogens is 3. The van der Waals surface area contributed by atoms with Gasteiger partial charge in [0.2, 0.25) is 0 Å². The molecule has 25 heavy (non-hydrogen) atoms. The summed E-state index contributed by atoms with van der Waals surface area (Å²) in [6.45, 7) is 3.67. The molecule has 0 aliphatic carbocycles. The average molecular weight is 341 g/mol. The second-order valence-corrected chi connectivity index (χ2v) is 6.36. The van der Waals surface area contributed by atoms with Crippen LogP contribution in [0.15, 0.2) is 41.7 Å². The summed E-state index contributed by atoms with van der Waals surface area (Å²) in [6.07, 6.45) is 4.04. The molecule has 1 unspecified atom stereocenters. The first-order valence-electron chi connectivity index (χ1n) is 8.81. The Morgan fingerprint density at radius 3 is 2.84 bits per heavy atom. The highest BCUT2D eigenvalue weighted by Crippen LogP contribution is 2.19. The van der Waals surface area contributed by atoms with Gasteiger partial charge in [-0.3, -0.25) is 14.6 Å². The van der Waals surface area contributed by atoms with Gasteiger partial charge in [0, 0.05) is 33.2 Å². The first kappa shape index (κ1) is 17.4. The van der Waals surface area contributed by atoms with Gasteiger partial charge < -0.3 is 10.6 Å². The number of hydrogen-bond donors (Lipinski definition) is 2. The summed E-state index contributed by atoms with van der Waals surface area (Å²) in [5, 5.41) is 10.8. The molecular weight excluding hydrogens is 314 g/mol. The number of guanidine groups is 1. The molecule has 2 N–H and O–H groups in total. The fourth-order valence-electron chi connectivity index (χ4n) is 3.23. The maximum absolute atomic E-state index is 4.31. The van der Waals surface area contributed by atoms with E-state index in [1.54, 1.807) is 18.1 Å². The van der Waals surface area contributed by atoms with Crippen molar-refractivity contribution in [1.29, 1.82) is 0 Å². The number of benzene rings is 1. The monoisotopic (exact) mass is 341 g/mol. The number of aryl methyl sites for hydroxylation is 1.